The fraction of sp³-hybridized carbons (Fsp3) is 0.0185. The summed E-state index contributed by atoms with van der Waals surface area (Å²) in [5.74, 6) is 3.49. The van der Waals surface area contributed by atoms with Crippen LogP contribution in [0, 0.1) is 0 Å². The van der Waals surface area contributed by atoms with Crippen LogP contribution in [0.1, 0.15) is 22.3 Å². The SMILES string of the molecule is c1ccc2c(c1)Oc1ccc(-c3nc(-c4ccc5ccccc5c4)nc(-c4ccc5ccccc5c4)n3)cc1C21c2ccccc2-n2c3ccccc3c3cccc1c32. The van der Waals surface area contributed by atoms with Crippen molar-refractivity contribution in [1.29, 1.82) is 0 Å². The van der Waals surface area contributed by atoms with Crippen LogP contribution in [0.3, 0.4) is 0 Å². The highest BCUT2D eigenvalue weighted by Gasteiger charge is 2.50. The van der Waals surface area contributed by atoms with Crippen molar-refractivity contribution in [3.63, 3.8) is 0 Å². The number of benzene rings is 9. The number of rotatable bonds is 3. The molecule has 11 aromatic rings. The van der Waals surface area contributed by atoms with Crippen LogP contribution in [0.25, 0.3) is 83.2 Å². The van der Waals surface area contributed by atoms with Crippen LogP contribution < -0.4 is 4.74 Å². The number of fused-ring (bicyclic) bond motifs is 13. The second-order valence-electron chi connectivity index (χ2n) is 15.6. The van der Waals surface area contributed by atoms with Gasteiger partial charge in [-0.1, -0.05) is 146 Å². The Bertz CT molecular complexity index is 3470. The Morgan fingerprint density at radius 3 is 1.63 bits per heavy atom. The van der Waals surface area contributed by atoms with Gasteiger partial charge in [-0.25, -0.2) is 15.0 Å². The molecule has 1 atom stereocenters. The van der Waals surface area contributed by atoms with Gasteiger partial charge >= 0.3 is 0 Å². The van der Waals surface area contributed by atoms with Gasteiger partial charge in [0.05, 0.1) is 22.1 Å². The third-order valence-corrected chi connectivity index (χ3v) is 12.5. The summed E-state index contributed by atoms with van der Waals surface area (Å²) in [4.78, 5) is 15.7. The first-order chi connectivity index (χ1) is 29.2. The molecule has 0 N–H and O–H groups in total. The third kappa shape index (κ3) is 4.52. The molecule has 2 aromatic heterocycles. The van der Waals surface area contributed by atoms with Gasteiger partial charge in [0, 0.05) is 38.6 Å². The van der Waals surface area contributed by atoms with Gasteiger partial charge in [0.25, 0.3) is 0 Å². The molecule has 59 heavy (non-hydrogen) atoms. The quantitative estimate of drug-likeness (QED) is 0.180. The van der Waals surface area contributed by atoms with Crippen molar-refractivity contribution in [2.45, 2.75) is 5.41 Å². The molecule has 2 aliphatic rings. The van der Waals surface area contributed by atoms with Crippen molar-refractivity contribution in [3.05, 3.63) is 216 Å². The Hall–Kier alpha value is -7.89. The van der Waals surface area contributed by atoms with Crippen molar-refractivity contribution in [2.24, 2.45) is 0 Å². The van der Waals surface area contributed by atoms with Crippen molar-refractivity contribution in [2.75, 3.05) is 0 Å². The van der Waals surface area contributed by atoms with Crippen LogP contribution in [-0.2, 0) is 5.41 Å². The first kappa shape index (κ1) is 32.2. The van der Waals surface area contributed by atoms with Crippen LogP contribution in [0.4, 0.5) is 0 Å². The lowest BCUT2D eigenvalue weighted by Gasteiger charge is -2.45. The molecule has 274 valence electrons. The molecule has 9 aromatic carbocycles. The molecule has 5 heteroatoms. The number of hydrogen-bond acceptors (Lipinski definition) is 4. The van der Waals surface area contributed by atoms with Crippen molar-refractivity contribution in [1.82, 2.24) is 19.5 Å². The molecule has 5 nitrogen and oxygen atoms in total. The minimum Gasteiger partial charge on any atom is -0.457 e. The molecule has 2 aliphatic heterocycles. The number of hydrogen-bond donors (Lipinski definition) is 0. The molecule has 4 heterocycles. The first-order valence-corrected chi connectivity index (χ1v) is 20.0. The van der Waals surface area contributed by atoms with E-state index in [4.69, 9.17) is 19.7 Å². The van der Waals surface area contributed by atoms with Crippen LogP contribution in [0.15, 0.2) is 194 Å². The van der Waals surface area contributed by atoms with E-state index in [0.29, 0.717) is 17.5 Å². The van der Waals surface area contributed by atoms with Gasteiger partial charge in [0.2, 0.25) is 0 Å². The lowest BCUT2D eigenvalue weighted by molar-refractivity contribution is 0.434. The van der Waals surface area contributed by atoms with Gasteiger partial charge < -0.3 is 9.30 Å². The predicted molar refractivity (Wildman–Crippen MR) is 237 cm³/mol. The average Bonchev–Trinajstić information content (AvgIpc) is 3.65. The smallest absolute Gasteiger partial charge is 0.164 e. The van der Waals surface area contributed by atoms with Gasteiger partial charge in [0.15, 0.2) is 17.5 Å². The maximum absolute atomic E-state index is 6.86. The summed E-state index contributed by atoms with van der Waals surface area (Å²) in [5.41, 5.74) is 10.1. The number of para-hydroxylation sites is 4. The van der Waals surface area contributed by atoms with Crippen LogP contribution in [0.5, 0.6) is 11.5 Å². The Labute approximate surface area is 339 Å². The highest BCUT2D eigenvalue weighted by atomic mass is 16.5. The minimum absolute atomic E-state index is 0.597. The van der Waals surface area contributed by atoms with E-state index >= 15 is 0 Å². The summed E-state index contributed by atoms with van der Waals surface area (Å²) >= 11 is 0. The molecular weight excluding hydrogens is 721 g/mol. The zero-order chi connectivity index (χ0) is 38.7. The Kier molecular flexibility index (Phi) is 6.59. The zero-order valence-electron chi connectivity index (χ0n) is 31.7. The highest BCUT2D eigenvalue weighted by Crippen LogP contribution is 2.60. The molecule has 0 bridgehead atoms. The van der Waals surface area contributed by atoms with E-state index in [0.717, 1.165) is 55.8 Å². The van der Waals surface area contributed by atoms with Crippen molar-refractivity contribution < 1.29 is 4.74 Å². The van der Waals surface area contributed by atoms with Crippen molar-refractivity contribution >= 4 is 43.4 Å². The normalized spacial score (nSPS) is 15.0. The van der Waals surface area contributed by atoms with Gasteiger partial charge in [0.1, 0.15) is 11.5 Å². The second-order valence-corrected chi connectivity index (χ2v) is 15.6. The molecule has 0 amide bonds. The van der Waals surface area contributed by atoms with Gasteiger partial charge in [-0.15, -0.1) is 0 Å². The standard InChI is InChI=1S/C54H32N4O/c1-3-14-35-30-37(26-24-33(35)12-1)51-55-52(38-27-25-34-13-2-4-15-36(34)31-38)57-53(56-51)39-28-29-49-45(32-39)54(43-19-7-10-23-48(43)59-49)42-18-6-9-22-47(42)58-46-21-8-5-16-40(46)41-17-11-20-44(54)50(41)58/h1-32H. The van der Waals surface area contributed by atoms with Crippen LogP contribution >= 0.6 is 0 Å². The molecule has 0 radical (unpaired) electrons. The first-order valence-electron chi connectivity index (χ1n) is 20.0. The van der Waals surface area contributed by atoms with Crippen LogP contribution in [0.2, 0.25) is 0 Å². The molecular formula is C54H32N4O. The summed E-state index contributed by atoms with van der Waals surface area (Å²) in [6.45, 7) is 0. The van der Waals surface area contributed by atoms with E-state index in [1.165, 1.54) is 43.7 Å². The Morgan fingerprint density at radius 2 is 0.898 bits per heavy atom. The summed E-state index contributed by atoms with van der Waals surface area (Å²) in [7, 11) is 0. The van der Waals surface area contributed by atoms with E-state index in [-0.39, 0.29) is 0 Å². The maximum Gasteiger partial charge on any atom is 0.164 e. The number of ether oxygens (including phenoxy) is 1. The van der Waals surface area contributed by atoms with Crippen LogP contribution in [-0.4, -0.2) is 19.5 Å². The zero-order valence-corrected chi connectivity index (χ0v) is 31.7. The van der Waals surface area contributed by atoms with Gasteiger partial charge in [-0.3, -0.25) is 0 Å². The topological polar surface area (TPSA) is 52.8 Å². The summed E-state index contributed by atoms with van der Waals surface area (Å²) in [6, 6.07) is 69.0. The minimum atomic E-state index is -0.712. The largest absolute Gasteiger partial charge is 0.457 e. The average molecular weight is 753 g/mol. The molecule has 1 unspecified atom stereocenters. The monoisotopic (exact) mass is 752 g/mol. The number of nitrogens with zero attached hydrogens (tertiary/aromatic N) is 4. The Morgan fingerprint density at radius 1 is 0.373 bits per heavy atom. The fourth-order valence-electron chi connectivity index (χ4n) is 9.88. The lowest BCUT2D eigenvalue weighted by Crippen LogP contribution is -2.37. The third-order valence-electron chi connectivity index (χ3n) is 12.5. The summed E-state index contributed by atoms with van der Waals surface area (Å²) in [6.07, 6.45) is 0. The summed E-state index contributed by atoms with van der Waals surface area (Å²) < 4.78 is 9.32. The maximum atomic E-state index is 6.86. The van der Waals surface area contributed by atoms with E-state index in [2.05, 4.69) is 199 Å². The van der Waals surface area contributed by atoms with Crippen molar-refractivity contribution in [3.8, 4) is 51.3 Å². The molecule has 1 spiro atoms. The van der Waals surface area contributed by atoms with Gasteiger partial charge in [-0.2, -0.15) is 0 Å². The molecule has 0 fully saturated rings. The predicted octanol–water partition coefficient (Wildman–Crippen LogP) is 13.1. The Balaban J connectivity index is 1.10. The fourth-order valence-corrected chi connectivity index (χ4v) is 9.88. The van der Waals surface area contributed by atoms with E-state index in [1.54, 1.807) is 0 Å². The number of aromatic nitrogens is 4. The van der Waals surface area contributed by atoms with E-state index < -0.39 is 5.41 Å². The molecule has 13 rings (SSSR count). The summed E-state index contributed by atoms with van der Waals surface area (Å²) in [5, 5.41) is 7.07. The molecule has 0 saturated heterocycles. The highest BCUT2D eigenvalue weighted by molar-refractivity contribution is 6.12. The molecule has 0 saturated carbocycles. The lowest BCUT2D eigenvalue weighted by atomic mass is 9.61. The van der Waals surface area contributed by atoms with E-state index in [1.807, 2.05) is 0 Å². The van der Waals surface area contributed by atoms with Gasteiger partial charge in [-0.05, 0) is 81.2 Å². The van der Waals surface area contributed by atoms with E-state index in [9.17, 15) is 0 Å². The second kappa shape index (κ2) is 12.1. The molecule has 0 aliphatic carbocycles.